The van der Waals surface area contributed by atoms with Gasteiger partial charge in [-0.15, -0.1) is 0 Å². The molecule has 0 unspecified atom stereocenters. The fourth-order valence-corrected chi connectivity index (χ4v) is 0.887. The van der Waals surface area contributed by atoms with E-state index in [0.29, 0.717) is 0 Å². The Hall–Kier alpha value is -0.166. The second-order valence-corrected chi connectivity index (χ2v) is 4.18. The molecule has 175 valence electrons. The summed E-state index contributed by atoms with van der Waals surface area (Å²) in [6.07, 6.45) is -41.7. The number of rotatable bonds is 8. The van der Waals surface area contributed by atoms with Crippen LogP contribution in [0.4, 0.5) is 74.6 Å². The summed E-state index contributed by atoms with van der Waals surface area (Å²) in [6, 6.07) is 0. The molecule has 0 aliphatic rings. The zero-order chi connectivity index (χ0) is 22.5. The Kier molecular flexibility index (Phi) is 10.5. The van der Waals surface area contributed by atoms with Gasteiger partial charge in [0.2, 0.25) is 0 Å². The molecule has 0 saturated heterocycles. The summed E-state index contributed by atoms with van der Waals surface area (Å²) in [5.74, 6) is -15.6. The van der Waals surface area contributed by atoms with Crippen molar-refractivity contribution in [2.45, 2.75) is 42.5 Å². The average Bonchev–Trinajstić information content (AvgIpc) is 2.33. The van der Waals surface area contributed by atoms with E-state index >= 15 is 0 Å². The van der Waals surface area contributed by atoms with E-state index in [2.05, 4.69) is 0 Å². The Labute approximate surface area is 173 Å². The zero-order valence-corrected chi connectivity index (χ0v) is 15.7. The molecule has 0 fully saturated rings. The predicted molar refractivity (Wildman–Crippen MR) is 49.8 cm³/mol. The summed E-state index contributed by atoms with van der Waals surface area (Å²) in [6.45, 7) is 0. The van der Waals surface area contributed by atoms with Crippen LogP contribution in [0.25, 0.3) is 0 Å². The molecule has 0 aromatic rings. The number of ether oxygens (including phenoxy) is 2. The quantitative estimate of drug-likeness (QED) is 0.267. The van der Waals surface area contributed by atoms with E-state index in [0.717, 1.165) is 4.74 Å². The largest absolute Gasteiger partial charge is 0.462 e. The summed E-state index contributed by atoms with van der Waals surface area (Å²) in [5.41, 5.74) is 0. The van der Waals surface area contributed by atoms with Crippen LogP contribution in [0, 0.1) is 13.9 Å². The van der Waals surface area contributed by atoms with Gasteiger partial charge in [-0.25, -0.2) is 13.5 Å². The van der Waals surface area contributed by atoms with E-state index in [4.69, 9.17) is 0 Å². The van der Waals surface area contributed by atoms with Crippen molar-refractivity contribution in [1.29, 1.82) is 0 Å². The summed E-state index contributed by atoms with van der Waals surface area (Å²) in [7, 11) is 0. The Morgan fingerprint density at radius 3 is 1.03 bits per heavy atom. The summed E-state index contributed by atoms with van der Waals surface area (Å²) in [5, 5.41) is 0. The molecule has 0 aliphatic carbocycles. The molecule has 0 aromatic heterocycles. The molecule has 0 rings (SSSR count). The minimum absolute atomic E-state index is 0. The van der Waals surface area contributed by atoms with Gasteiger partial charge in [0.25, 0.3) is 6.11 Å². The maximum Gasteiger partial charge on any atom is 0.462 e. The van der Waals surface area contributed by atoms with E-state index in [-0.39, 0.29) is 40.1 Å². The molecular formula is C9H3F17O2Y-2. The van der Waals surface area contributed by atoms with Gasteiger partial charge in [-0.3, -0.25) is 4.74 Å². The van der Waals surface area contributed by atoms with Crippen molar-refractivity contribution in [3.8, 4) is 0 Å². The number of hydrogen-bond donors (Lipinski definition) is 0. The van der Waals surface area contributed by atoms with Gasteiger partial charge in [0, 0.05) is 32.7 Å². The van der Waals surface area contributed by atoms with E-state index < -0.39 is 48.9 Å². The first-order valence-electron chi connectivity index (χ1n) is 5.28. The Morgan fingerprint density at radius 2 is 0.759 bits per heavy atom. The van der Waals surface area contributed by atoms with Crippen molar-refractivity contribution in [2.75, 3.05) is 0 Å². The molecule has 0 aromatic carbocycles. The van der Waals surface area contributed by atoms with Gasteiger partial charge in [0.05, 0.1) is 6.43 Å². The molecule has 0 aliphatic heterocycles. The first-order chi connectivity index (χ1) is 11.4. The van der Waals surface area contributed by atoms with Crippen molar-refractivity contribution in [1.82, 2.24) is 0 Å². The van der Waals surface area contributed by atoms with Crippen LogP contribution < -0.4 is 0 Å². The van der Waals surface area contributed by atoms with Crippen LogP contribution in [-0.2, 0) is 42.2 Å². The van der Waals surface area contributed by atoms with E-state index in [1.54, 1.807) is 0 Å². The molecule has 1 radical (unpaired) electrons. The smallest absolute Gasteiger partial charge is 0.412 e. The topological polar surface area (TPSA) is 18.5 Å². The fraction of sp³-hybridized carbons (Fsp3) is 0.778. The molecular weight excluding hydrogens is 552 g/mol. The SMILES string of the molecule is F[C-](F)C(F)(F)OC(F)(F)C(F)(F)C(F)(F)OC(F)(F)C(F)(F)C(F)(F)F.[CH3-].[Y]. The molecule has 29 heavy (non-hydrogen) atoms. The maximum absolute atomic E-state index is 12.8. The Morgan fingerprint density at radius 1 is 0.483 bits per heavy atom. The minimum Gasteiger partial charge on any atom is -0.412 e. The van der Waals surface area contributed by atoms with E-state index in [1.807, 2.05) is 0 Å². The molecule has 0 bridgehead atoms. The van der Waals surface area contributed by atoms with Crippen LogP contribution in [-0.4, -0.2) is 42.5 Å². The zero-order valence-electron chi connectivity index (χ0n) is 12.8. The van der Waals surface area contributed by atoms with E-state index in [1.165, 1.54) is 4.74 Å². The fourth-order valence-electron chi connectivity index (χ4n) is 0.887. The third-order valence-corrected chi connectivity index (χ3v) is 2.19. The van der Waals surface area contributed by atoms with Gasteiger partial charge in [0.15, 0.2) is 0 Å². The second-order valence-electron chi connectivity index (χ2n) is 4.18. The van der Waals surface area contributed by atoms with Gasteiger partial charge < -0.3 is 16.2 Å². The predicted octanol–water partition coefficient (Wildman–Crippen LogP) is 6.10. The van der Waals surface area contributed by atoms with Crippen LogP contribution in [0.15, 0.2) is 0 Å². The molecule has 0 atom stereocenters. The molecule has 0 spiro atoms. The van der Waals surface area contributed by atoms with Crippen LogP contribution in [0.3, 0.4) is 0 Å². The molecule has 0 amide bonds. The molecule has 0 heterocycles. The third-order valence-electron chi connectivity index (χ3n) is 2.19. The summed E-state index contributed by atoms with van der Waals surface area (Å²) >= 11 is 0. The van der Waals surface area contributed by atoms with Crippen LogP contribution in [0.5, 0.6) is 0 Å². The van der Waals surface area contributed by atoms with Gasteiger partial charge in [-0.1, -0.05) is 0 Å². The van der Waals surface area contributed by atoms with Gasteiger partial charge in [-0.05, 0) is 0 Å². The first kappa shape index (κ1) is 33.5. The maximum atomic E-state index is 12.8. The summed E-state index contributed by atoms with van der Waals surface area (Å²) in [4.78, 5) is 0. The Balaban J connectivity index is -0.00000338. The van der Waals surface area contributed by atoms with Crippen molar-refractivity contribution in [3.05, 3.63) is 13.9 Å². The third kappa shape index (κ3) is 6.41. The molecule has 2 nitrogen and oxygen atoms in total. The Bertz CT molecular complexity index is 527. The molecule has 20 heteroatoms. The van der Waals surface area contributed by atoms with Crippen LogP contribution >= 0.6 is 0 Å². The molecule has 0 N–H and O–H groups in total. The van der Waals surface area contributed by atoms with Gasteiger partial charge >= 0.3 is 36.3 Å². The van der Waals surface area contributed by atoms with Gasteiger partial charge in [-0.2, -0.15) is 57.1 Å². The monoisotopic (exact) mass is 555 g/mol. The number of hydrogen-bond acceptors (Lipinski definition) is 2. The van der Waals surface area contributed by atoms with Crippen molar-refractivity contribution in [3.63, 3.8) is 0 Å². The van der Waals surface area contributed by atoms with Crippen molar-refractivity contribution >= 4 is 0 Å². The van der Waals surface area contributed by atoms with Crippen LogP contribution in [0.2, 0.25) is 0 Å². The second kappa shape index (κ2) is 9.14. The van der Waals surface area contributed by atoms with Crippen LogP contribution in [0.1, 0.15) is 0 Å². The van der Waals surface area contributed by atoms with Crippen molar-refractivity contribution < 1.29 is 117 Å². The van der Waals surface area contributed by atoms with Gasteiger partial charge in [0.1, 0.15) is 0 Å². The number of halogens is 17. The van der Waals surface area contributed by atoms with E-state index in [9.17, 15) is 74.6 Å². The first-order valence-corrected chi connectivity index (χ1v) is 5.28. The normalized spacial score (nSPS) is 15.1. The average molecular weight is 555 g/mol. The minimum atomic E-state index is -7.88. The van der Waals surface area contributed by atoms with Crippen molar-refractivity contribution in [2.24, 2.45) is 0 Å². The standard InChI is InChI=1S/C8F17O2.CH3.Y/c9-1(10)2(11,12)26-7(22,23)4(15,16)8(24,25)27-6(20,21)3(13,14)5(17,18)19;;/h;1H3;/q2*-1;. The number of alkyl halides is 15. The summed E-state index contributed by atoms with van der Waals surface area (Å²) < 4.78 is 211. The molecule has 0 saturated carbocycles.